The van der Waals surface area contributed by atoms with Crippen LogP contribution in [0.25, 0.3) is 83.4 Å². The summed E-state index contributed by atoms with van der Waals surface area (Å²) >= 11 is 0. The van der Waals surface area contributed by atoms with Crippen LogP contribution in [0.15, 0.2) is 188 Å². The minimum atomic E-state index is -0.548. The van der Waals surface area contributed by atoms with Crippen LogP contribution in [0.1, 0.15) is 115 Å². The van der Waals surface area contributed by atoms with E-state index in [2.05, 4.69) is 146 Å². The Bertz CT molecular complexity index is 4520. The second-order valence-electron chi connectivity index (χ2n) is 22.8. The Morgan fingerprint density at radius 2 is 1.15 bits per heavy atom. The number of hydrogen-bond donors (Lipinski definition) is 0. The zero-order valence-corrected chi connectivity index (χ0v) is 43.4. The molecule has 0 spiro atoms. The van der Waals surface area contributed by atoms with Crippen LogP contribution in [0, 0.1) is 6.33 Å². The van der Waals surface area contributed by atoms with E-state index in [0.717, 1.165) is 77.8 Å². The Kier molecular flexibility index (Phi) is 8.97. The molecule has 0 atom stereocenters. The molecule has 12 rings (SSSR count). The lowest BCUT2D eigenvalue weighted by atomic mass is 9.80. The molecule has 0 unspecified atom stereocenters. The van der Waals surface area contributed by atoms with Crippen molar-refractivity contribution < 1.29 is 23.0 Å². The normalized spacial score (nSPS) is 15.0. The van der Waals surface area contributed by atoms with E-state index >= 15 is 0 Å². The van der Waals surface area contributed by atoms with Crippen LogP contribution >= 0.6 is 0 Å². The van der Waals surface area contributed by atoms with Gasteiger partial charge in [-0.15, -0.1) is 0 Å². The molecule has 1 aliphatic heterocycles. The number of aromatic nitrogens is 4. The van der Waals surface area contributed by atoms with Gasteiger partial charge in [-0.1, -0.05) is 208 Å². The van der Waals surface area contributed by atoms with Gasteiger partial charge in [0.1, 0.15) is 5.82 Å². The molecule has 0 saturated heterocycles. The lowest BCUT2D eigenvalue weighted by molar-refractivity contribution is -0.571. The van der Waals surface area contributed by atoms with Crippen molar-refractivity contribution >= 4 is 32.8 Å². The first kappa shape index (κ1) is 37.0. The summed E-state index contributed by atoms with van der Waals surface area (Å²) in [6.45, 7) is 20.1. The standard InChI is InChI=1S/C69H64N4O/c1-67(2,3)53-31-46(30-45-28-29-58-57-24-16-17-25-61(57)73(64(58)33-45)65-37-51-42-74-43-52(51)41-70-65)32-56(38-53)71-44-72(63-27-19-18-26-62(63)71)66-59(48-22-14-11-15-23-48)39-55(69(7,8)9)40-60(66)50-34-49(47-20-12-10-13-21-47)35-54(36-50)68(4,5)6/h10-29,31-41H,30,42-43H2,1-9H3/i10D,11D,12D,13D,14D,15D,20D,21D,22D,23D. The summed E-state index contributed by atoms with van der Waals surface area (Å²) in [6, 6.07) is 37.4. The van der Waals surface area contributed by atoms with Crippen molar-refractivity contribution in [1.29, 1.82) is 0 Å². The third-order valence-corrected chi connectivity index (χ3v) is 14.5. The summed E-state index contributed by atoms with van der Waals surface area (Å²) in [5.74, 6) is 0.838. The molecule has 8 aromatic carbocycles. The molecular formula is C69H64N4O. The van der Waals surface area contributed by atoms with Gasteiger partial charge in [-0.25, -0.2) is 4.98 Å². The van der Waals surface area contributed by atoms with E-state index in [0.29, 0.717) is 53.1 Å². The Labute approximate surface area is 450 Å². The Morgan fingerprint density at radius 3 is 1.88 bits per heavy atom. The third-order valence-electron chi connectivity index (χ3n) is 14.5. The largest absolute Gasteiger partial charge is 0.372 e. The van der Waals surface area contributed by atoms with Crippen LogP contribution in [-0.2, 0) is 40.6 Å². The van der Waals surface area contributed by atoms with Crippen LogP contribution in [0.3, 0.4) is 0 Å². The maximum atomic E-state index is 9.56. The highest BCUT2D eigenvalue weighted by Gasteiger charge is 2.27. The number of nitrogens with zero attached hydrogens (tertiary/aromatic N) is 4. The van der Waals surface area contributed by atoms with Crippen LogP contribution in [0.5, 0.6) is 0 Å². The van der Waals surface area contributed by atoms with E-state index in [4.69, 9.17) is 20.7 Å². The molecule has 0 radical (unpaired) electrons. The van der Waals surface area contributed by atoms with E-state index in [-0.39, 0.29) is 40.7 Å². The predicted octanol–water partition coefficient (Wildman–Crippen LogP) is 16.7. The van der Waals surface area contributed by atoms with Gasteiger partial charge in [-0.2, -0.15) is 0 Å². The second kappa shape index (κ2) is 18.0. The maximum absolute atomic E-state index is 9.56. The molecule has 5 nitrogen and oxygen atoms in total. The van der Waals surface area contributed by atoms with Gasteiger partial charge < -0.3 is 4.74 Å². The monoisotopic (exact) mass is 975 g/mol. The molecule has 74 heavy (non-hydrogen) atoms. The summed E-state index contributed by atoms with van der Waals surface area (Å²) in [4.78, 5) is 4.96. The van der Waals surface area contributed by atoms with Gasteiger partial charge in [0.2, 0.25) is 0 Å². The zero-order valence-electron chi connectivity index (χ0n) is 53.4. The number of benzene rings is 8. The quantitative estimate of drug-likeness (QED) is 0.112. The molecular weight excluding hydrogens is 901 g/mol. The molecule has 1 aliphatic rings. The SMILES string of the molecule is [2H]c1c([2H])c([2H])c(-c2cc(-c3cc(C(C)(C)C)cc(-c4c([2H])c([2H])c([2H])c([2H])c4[2H])c3-[n+]3[c-]n(-c4cc(Cc5ccc6c7ccccc7n(-c7cc8c(cn7)COC8)c6c5)cc(C(C)(C)C)c4)c4ccccc43)cc(C(C)(C)C)c2)c([2H])c1[2H]. The van der Waals surface area contributed by atoms with Gasteiger partial charge in [0.15, 0.2) is 0 Å². The van der Waals surface area contributed by atoms with Crippen LogP contribution < -0.4 is 4.57 Å². The molecule has 5 heteroatoms. The minimum Gasteiger partial charge on any atom is -0.372 e. The molecule has 0 N–H and O–H groups in total. The molecule has 11 aromatic rings. The fourth-order valence-electron chi connectivity index (χ4n) is 10.4. The molecule has 0 fully saturated rings. The zero-order chi connectivity index (χ0) is 59.8. The van der Waals surface area contributed by atoms with Crippen molar-refractivity contribution in [1.82, 2.24) is 14.1 Å². The van der Waals surface area contributed by atoms with E-state index in [9.17, 15) is 2.74 Å². The van der Waals surface area contributed by atoms with Gasteiger partial charge in [0.05, 0.1) is 60.4 Å². The van der Waals surface area contributed by atoms with Crippen molar-refractivity contribution in [3.05, 3.63) is 233 Å². The number of pyridine rings is 1. The van der Waals surface area contributed by atoms with Crippen molar-refractivity contribution in [2.24, 2.45) is 0 Å². The highest BCUT2D eigenvalue weighted by Crippen LogP contribution is 2.42. The third kappa shape index (κ3) is 8.63. The number of imidazole rings is 1. The molecule has 0 amide bonds. The number of ether oxygens (including phenoxy) is 1. The predicted molar refractivity (Wildman–Crippen MR) is 306 cm³/mol. The topological polar surface area (TPSA) is 35.9 Å². The average molecular weight is 975 g/mol. The number of fused-ring (bicyclic) bond motifs is 5. The van der Waals surface area contributed by atoms with Gasteiger partial charge in [0, 0.05) is 22.5 Å². The van der Waals surface area contributed by atoms with Crippen molar-refractivity contribution in [3.63, 3.8) is 0 Å². The molecule has 3 aromatic heterocycles. The maximum Gasteiger partial charge on any atom is 0.269 e. The highest BCUT2D eigenvalue weighted by atomic mass is 16.5. The van der Waals surface area contributed by atoms with Crippen LogP contribution in [-0.4, -0.2) is 14.1 Å². The molecule has 0 bridgehead atoms. The van der Waals surface area contributed by atoms with Gasteiger partial charge in [-0.05, 0) is 126 Å². The van der Waals surface area contributed by atoms with Crippen molar-refractivity contribution in [3.8, 4) is 50.6 Å². The first-order valence-corrected chi connectivity index (χ1v) is 25.4. The van der Waals surface area contributed by atoms with E-state index in [1.54, 1.807) is 0 Å². The first-order chi connectivity index (χ1) is 39.7. The number of rotatable bonds is 8. The van der Waals surface area contributed by atoms with Gasteiger partial charge >= 0.3 is 0 Å². The minimum absolute atomic E-state index is 0.00731. The summed E-state index contributed by atoms with van der Waals surface area (Å²) in [7, 11) is 0. The second-order valence-corrected chi connectivity index (χ2v) is 22.8. The lowest BCUT2D eigenvalue weighted by Crippen LogP contribution is -2.32. The fraction of sp³-hybridized carbons (Fsp3) is 0.217. The summed E-state index contributed by atoms with van der Waals surface area (Å²) in [5, 5.41) is 2.27. The smallest absolute Gasteiger partial charge is 0.269 e. The Morgan fingerprint density at radius 1 is 0.541 bits per heavy atom. The van der Waals surface area contributed by atoms with Gasteiger partial charge in [0.25, 0.3) is 6.33 Å². The fourth-order valence-corrected chi connectivity index (χ4v) is 10.4. The summed E-state index contributed by atoms with van der Waals surface area (Å²) < 4.78 is 102. The Hall–Kier alpha value is -7.86. The Balaban J connectivity index is 1.12. The summed E-state index contributed by atoms with van der Waals surface area (Å²) in [5.41, 5.74) is 12.8. The van der Waals surface area contributed by atoms with E-state index in [1.165, 1.54) is 0 Å². The average Bonchev–Trinajstić information content (AvgIpc) is 2.82. The van der Waals surface area contributed by atoms with E-state index in [1.807, 2.05) is 63.9 Å². The van der Waals surface area contributed by atoms with Crippen LogP contribution in [0.4, 0.5) is 0 Å². The molecule has 366 valence electrons. The number of hydrogen-bond acceptors (Lipinski definition) is 2. The van der Waals surface area contributed by atoms with Crippen molar-refractivity contribution in [2.75, 3.05) is 0 Å². The first-order valence-electron chi connectivity index (χ1n) is 30.4. The van der Waals surface area contributed by atoms with Crippen LogP contribution in [0.2, 0.25) is 0 Å². The van der Waals surface area contributed by atoms with Gasteiger partial charge in [-0.3, -0.25) is 13.7 Å². The van der Waals surface area contributed by atoms with Crippen molar-refractivity contribution in [2.45, 2.75) is 98.2 Å². The molecule has 0 aliphatic carbocycles. The highest BCUT2D eigenvalue weighted by molar-refractivity contribution is 6.09. The summed E-state index contributed by atoms with van der Waals surface area (Å²) in [6.07, 6.45) is 6.32. The molecule has 0 saturated carbocycles. The lowest BCUT2D eigenvalue weighted by Gasteiger charge is -2.27. The van der Waals surface area contributed by atoms with E-state index < -0.39 is 47.1 Å². The molecule has 4 heterocycles. The number of para-hydroxylation sites is 3.